The Balaban J connectivity index is 3.17. The Morgan fingerprint density at radius 2 is 2.00 bits per heavy atom. The molecule has 0 radical (unpaired) electrons. The van der Waals surface area contributed by atoms with Crippen LogP contribution in [0.2, 0.25) is 0 Å². The van der Waals surface area contributed by atoms with E-state index < -0.39 is 22.1 Å². The number of aromatic carboxylic acids is 1. The molecule has 1 aromatic carbocycles. The molecule has 0 heterocycles. The number of hydrogen-bond acceptors (Lipinski definition) is 5. The number of benzene rings is 1. The lowest BCUT2D eigenvalue weighted by Crippen LogP contribution is -2.23. The summed E-state index contributed by atoms with van der Waals surface area (Å²) >= 11 is 0. The predicted octanol–water partition coefficient (Wildman–Crippen LogP) is 0.818. The summed E-state index contributed by atoms with van der Waals surface area (Å²) in [5.74, 6) is -1.24. The van der Waals surface area contributed by atoms with Crippen LogP contribution < -0.4 is 5.32 Å². The van der Waals surface area contributed by atoms with Gasteiger partial charge in [-0.3, -0.25) is 0 Å². The van der Waals surface area contributed by atoms with Gasteiger partial charge in [0.05, 0.1) is 16.6 Å². The molecule has 0 aliphatic heterocycles. The van der Waals surface area contributed by atoms with Crippen LogP contribution in [0.15, 0.2) is 23.1 Å². The lowest BCUT2D eigenvalue weighted by Gasteiger charge is -2.15. The summed E-state index contributed by atoms with van der Waals surface area (Å²) in [5.41, 5.74) is 0.119. The van der Waals surface area contributed by atoms with Crippen molar-refractivity contribution >= 4 is 21.7 Å². The highest BCUT2D eigenvalue weighted by Crippen LogP contribution is 2.22. The van der Waals surface area contributed by atoms with Crippen molar-refractivity contribution in [1.29, 1.82) is 0 Å². The first-order chi connectivity index (χ1) is 9.70. The number of aliphatic hydroxyl groups excluding tert-OH is 1. The van der Waals surface area contributed by atoms with Crippen LogP contribution in [0.3, 0.4) is 0 Å². The van der Waals surface area contributed by atoms with Gasteiger partial charge in [0.25, 0.3) is 0 Å². The summed E-state index contributed by atoms with van der Waals surface area (Å²) in [7, 11) is -0.944. The third-order valence-electron chi connectivity index (χ3n) is 3.00. The molecular weight excluding hydrogens is 296 g/mol. The Morgan fingerprint density at radius 3 is 2.48 bits per heavy atom. The lowest BCUT2D eigenvalue weighted by atomic mass is 10.1. The molecule has 3 N–H and O–H groups in total. The molecule has 0 aliphatic carbocycles. The van der Waals surface area contributed by atoms with Gasteiger partial charge in [-0.25, -0.2) is 17.5 Å². The van der Waals surface area contributed by atoms with Gasteiger partial charge in [0.1, 0.15) is 0 Å². The Kier molecular flexibility index (Phi) is 5.70. The second-order valence-corrected chi connectivity index (χ2v) is 6.89. The fraction of sp³-hybridized carbons (Fsp3) is 0.462. The van der Waals surface area contributed by atoms with Gasteiger partial charge in [0.2, 0.25) is 10.0 Å². The third-order valence-corrected chi connectivity index (χ3v) is 4.81. The van der Waals surface area contributed by atoms with Crippen molar-refractivity contribution in [2.75, 3.05) is 26.0 Å². The molecule has 0 saturated carbocycles. The molecular formula is C13H20N2O5S. The van der Waals surface area contributed by atoms with Crippen LogP contribution in [0, 0.1) is 0 Å². The molecule has 0 fully saturated rings. The first-order valence-electron chi connectivity index (χ1n) is 6.42. The Hall–Kier alpha value is -1.64. The van der Waals surface area contributed by atoms with Gasteiger partial charge in [-0.2, -0.15) is 0 Å². The molecule has 21 heavy (non-hydrogen) atoms. The van der Waals surface area contributed by atoms with Crippen molar-refractivity contribution in [3.8, 4) is 0 Å². The van der Waals surface area contributed by atoms with E-state index in [1.54, 1.807) is 6.92 Å². The average molecular weight is 316 g/mol. The average Bonchev–Trinajstić information content (AvgIpc) is 2.43. The quantitative estimate of drug-likeness (QED) is 0.687. The van der Waals surface area contributed by atoms with Crippen LogP contribution in [-0.2, 0) is 10.0 Å². The normalized spacial score (nSPS) is 13.2. The van der Waals surface area contributed by atoms with Crippen LogP contribution in [0.25, 0.3) is 0 Å². The van der Waals surface area contributed by atoms with Crippen LogP contribution in [0.4, 0.5) is 5.69 Å². The van der Waals surface area contributed by atoms with E-state index in [1.165, 1.54) is 26.2 Å². The van der Waals surface area contributed by atoms with E-state index in [2.05, 4.69) is 5.32 Å². The minimum Gasteiger partial charge on any atom is -0.478 e. The smallest absolute Gasteiger partial charge is 0.337 e. The molecule has 1 rings (SSSR count). The number of carboxylic acid groups (broad SMARTS) is 1. The van der Waals surface area contributed by atoms with Gasteiger partial charge in [-0.15, -0.1) is 0 Å². The summed E-state index contributed by atoms with van der Waals surface area (Å²) in [4.78, 5) is 11.2. The van der Waals surface area contributed by atoms with Crippen molar-refractivity contribution in [3.05, 3.63) is 23.8 Å². The predicted molar refractivity (Wildman–Crippen MR) is 79.1 cm³/mol. The zero-order valence-electron chi connectivity index (χ0n) is 12.2. The maximum Gasteiger partial charge on any atom is 0.337 e. The number of aliphatic hydroxyl groups is 1. The monoisotopic (exact) mass is 316 g/mol. The second-order valence-electron chi connectivity index (χ2n) is 4.74. The maximum absolute atomic E-state index is 12.0. The first-order valence-corrected chi connectivity index (χ1v) is 7.86. The molecule has 1 unspecified atom stereocenters. The highest BCUT2D eigenvalue weighted by atomic mass is 32.2. The van der Waals surface area contributed by atoms with E-state index in [9.17, 15) is 23.4 Å². The van der Waals surface area contributed by atoms with E-state index in [0.29, 0.717) is 6.42 Å². The van der Waals surface area contributed by atoms with E-state index in [-0.39, 0.29) is 22.7 Å². The van der Waals surface area contributed by atoms with Crippen molar-refractivity contribution in [2.45, 2.75) is 24.3 Å². The molecule has 1 atom stereocenters. The Labute approximate surface area is 124 Å². The zero-order chi connectivity index (χ0) is 16.2. The van der Waals surface area contributed by atoms with Gasteiger partial charge >= 0.3 is 5.97 Å². The largest absolute Gasteiger partial charge is 0.478 e. The summed E-state index contributed by atoms with van der Waals surface area (Å²) in [5, 5.41) is 21.5. The molecule has 0 bridgehead atoms. The number of carbonyl (C=O) groups is 1. The number of carboxylic acids is 1. The minimum atomic E-state index is -3.69. The number of nitrogens with one attached hydrogen (secondary N) is 1. The van der Waals surface area contributed by atoms with Crippen molar-refractivity contribution in [3.63, 3.8) is 0 Å². The van der Waals surface area contributed by atoms with Crippen molar-refractivity contribution in [1.82, 2.24) is 4.31 Å². The molecule has 0 amide bonds. The molecule has 118 valence electrons. The van der Waals surface area contributed by atoms with Gasteiger partial charge in [-0.1, -0.05) is 6.92 Å². The van der Waals surface area contributed by atoms with Crippen molar-refractivity contribution < 1.29 is 23.4 Å². The summed E-state index contributed by atoms with van der Waals surface area (Å²) in [6.07, 6.45) is -0.0699. The summed E-state index contributed by atoms with van der Waals surface area (Å²) < 4.78 is 25.0. The number of sulfonamides is 1. The molecule has 0 spiro atoms. The highest BCUT2D eigenvalue weighted by Gasteiger charge is 2.21. The van der Waals surface area contributed by atoms with Gasteiger partial charge in [0.15, 0.2) is 0 Å². The molecule has 1 aromatic rings. The van der Waals surface area contributed by atoms with E-state index in [0.717, 1.165) is 10.4 Å². The van der Waals surface area contributed by atoms with E-state index in [1.807, 2.05) is 0 Å². The summed E-state index contributed by atoms with van der Waals surface area (Å²) in [6.45, 7) is 1.99. The minimum absolute atomic E-state index is 0.0912. The van der Waals surface area contributed by atoms with Gasteiger partial charge in [-0.05, 0) is 24.6 Å². The zero-order valence-corrected chi connectivity index (χ0v) is 13.0. The third kappa shape index (κ3) is 4.16. The van der Waals surface area contributed by atoms with Crippen molar-refractivity contribution in [2.24, 2.45) is 0 Å². The lowest BCUT2D eigenvalue weighted by molar-refractivity contribution is 0.0697. The molecule has 0 aliphatic rings. The fourth-order valence-electron chi connectivity index (χ4n) is 1.60. The topological polar surface area (TPSA) is 107 Å². The Bertz CT molecular complexity index is 613. The SMILES string of the molecule is CCC(O)CNc1ccc(S(=O)(=O)N(C)C)cc1C(=O)O. The van der Waals surface area contributed by atoms with Gasteiger partial charge < -0.3 is 15.5 Å². The van der Waals surface area contributed by atoms with Crippen LogP contribution >= 0.6 is 0 Å². The molecule has 0 aromatic heterocycles. The number of rotatable bonds is 7. The van der Waals surface area contributed by atoms with Crippen LogP contribution in [0.5, 0.6) is 0 Å². The number of nitrogens with zero attached hydrogens (tertiary/aromatic N) is 1. The first kappa shape index (κ1) is 17.4. The second kappa shape index (κ2) is 6.88. The fourth-order valence-corrected chi connectivity index (χ4v) is 2.53. The number of anilines is 1. The molecule has 0 saturated heterocycles. The van der Waals surface area contributed by atoms with E-state index >= 15 is 0 Å². The number of hydrogen-bond donors (Lipinski definition) is 3. The van der Waals surface area contributed by atoms with Crippen LogP contribution in [-0.4, -0.2) is 55.6 Å². The maximum atomic E-state index is 12.0. The van der Waals surface area contributed by atoms with Crippen LogP contribution in [0.1, 0.15) is 23.7 Å². The van der Waals surface area contributed by atoms with E-state index in [4.69, 9.17) is 0 Å². The Morgan fingerprint density at radius 1 is 1.38 bits per heavy atom. The molecule has 8 heteroatoms. The highest BCUT2D eigenvalue weighted by molar-refractivity contribution is 7.89. The molecule has 7 nitrogen and oxygen atoms in total. The standard InChI is InChI=1S/C13H20N2O5S/c1-4-9(16)8-14-12-6-5-10(7-11(12)13(17)18)21(19,20)15(2)3/h5-7,9,14,16H,4,8H2,1-3H3,(H,17,18). The van der Waals surface area contributed by atoms with Gasteiger partial charge in [0, 0.05) is 26.3 Å². The summed E-state index contributed by atoms with van der Waals surface area (Å²) in [6, 6.07) is 3.84.